The van der Waals surface area contributed by atoms with Crippen LogP contribution in [0.3, 0.4) is 0 Å². The Bertz CT molecular complexity index is 3290. The van der Waals surface area contributed by atoms with Gasteiger partial charge in [0.05, 0.1) is 11.0 Å². The van der Waals surface area contributed by atoms with Crippen LogP contribution in [0.15, 0.2) is 246 Å². The van der Waals surface area contributed by atoms with Gasteiger partial charge in [0.25, 0.3) is 0 Å². The zero-order chi connectivity index (χ0) is 41.7. The highest BCUT2D eigenvalue weighted by Gasteiger charge is 2.31. The van der Waals surface area contributed by atoms with Gasteiger partial charge in [0.1, 0.15) is 0 Å². The Hall–Kier alpha value is -7.59. The monoisotopic (exact) mass is 822 g/mol. The van der Waals surface area contributed by atoms with Gasteiger partial charge in [-0.15, -0.1) is 0 Å². The smallest absolute Gasteiger partial charge is 0.0544 e. The number of hydrogen-bond donors (Lipinski definition) is 0. The Morgan fingerprint density at radius 2 is 0.968 bits per heavy atom. The molecule has 1 aliphatic carbocycles. The van der Waals surface area contributed by atoms with Crippen molar-refractivity contribution in [2.45, 2.75) is 17.2 Å². The van der Waals surface area contributed by atoms with Gasteiger partial charge >= 0.3 is 0 Å². The molecule has 0 amide bonds. The van der Waals surface area contributed by atoms with Gasteiger partial charge in [0.2, 0.25) is 0 Å². The second-order valence-corrected chi connectivity index (χ2v) is 17.6. The summed E-state index contributed by atoms with van der Waals surface area (Å²) in [5.74, 6) is 0.399. The third kappa shape index (κ3) is 6.69. The average Bonchev–Trinajstić information content (AvgIpc) is 3.91. The highest BCUT2D eigenvalue weighted by atomic mass is 32.2. The summed E-state index contributed by atoms with van der Waals surface area (Å²) in [6.45, 7) is 0. The van der Waals surface area contributed by atoms with Crippen molar-refractivity contribution in [1.29, 1.82) is 0 Å². The molecular formula is C60H42N2S. The summed E-state index contributed by atoms with van der Waals surface area (Å²) in [7, 11) is 0. The van der Waals surface area contributed by atoms with E-state index in [2.05, 4.69) is 246 Å². The first-order chi connectivity index (χ1) is 31.2. The normalized spacial score (nSPS) is 14.3. The lowest BCUT2D eigenvalue weighted by Crippen LogP contribution is -2.10. The minimum absolute atomic E-state index is 0.399. The average molecular weight is 823 g/mol. The van der Waals surface area contributed by atoms with E-state index >= 15 is 0 Å². The van der Waals surface area contributed by atoms with Crippen LogP contribution in [0.5, 0.6) is 0 Å². The molecule has 2 heterocycles. The number of allylic oxidation sites excluding steroid dienone is 4. The minimum atomic E-state index is 0.399. The molecule has 10 aromatic rings. The molecule has 1 atom stereocenters. The van der Waals surface area contributed by atoms with Gasteiger partial charge in [-0.2, -0.15) is 0 Å². The first-order valence-corrected chi connectivity index (χ1v) is 22.6. The molecular weight excluding hydrogens is 781 g/mol. The summed E-state index contributed by atoms with van der Waals surface area (Å²) in [5.41, 5.74) is 18.2. The Labute approximate surface area is 372 Å². The lowest BCUT2D eigenvalue weighted by molar-refractivity contribution is 0.823. The molecule has 0 spiro atoms. The van der Waals surface area contributed by atoms with Crippen molar-refractivity contribution in [2.75, 3.05) is 4.90 Å². The van der Waals surface area contributed by atoms with E-state index in [1.165, 1.54) is 87.4 Å². The van der Waals surface area contributed by atoms with Crippen LogP contribution < -0.4 is 4.90 Å². The summed E-state index contributed by atoms with van der Waals surface area (Å²) in [5, 5.41) is 2.57. The van der Waals surface area contributed by atoms with E-state index in [-0.39, 0.29) is 0 Å². The second-order valence-electron chi connectivity index (χ2n) is 16.5. The van der Waals surface area contributed by atoms with Crippen LogP contribution in [-0.4, -0.2) is 4.57 Å². The lowest BCUT2D eigenvalue weighted by atomic mass is 9.90. The zero-order valence-electron chi connectivity index (χ0n) is 34.6. The zero-order valence-corrected chi connectivity index (χ0v) is 35.4. The van der Waals surface area contributed by atoms with Gasteiger partial charge in [-0.3, -0.25) is 0 Å². The summed E-state index contributed by atoms with van der Waals surface area (Å²) < 4.78 is 2.52. The van der Waals surface area contributed by atoms with Crippen LogP contribution in [0.2, 0.25) is 0 Å². The highest BCUT2D eigenvalue weighted by Crippen LogP contribution is 2.54. The van der Waals surface area contributed by atoms with E-state index in [1.807, 2.05) is 11.8 Å². The molecule has 2 nitrogen and oxygen atoms in total. The van der Waals surface area contributed by atoms with Crippen LogP contribution in [0.25, 0.3) is 72.0 Å². The summed E-state index contributed by atoms with van der Waals surface area (Å²) in [4.78, 5) is 5.21. The molecule has 298 valence electrons. The van der Waals surface area contributed by atoms with Gasteiger partial charge in [-0.25, -0.2) is 0 Å². The van der Waals surface area contributed by atoms with Gasteiger partial charge in [0, 0.05) is 44.3 Å². The molecule has 1 aliphatic heterocycles. The Balaban J connectivity index is 0.930. The fourth-order valence-electron chi connectivity index (χ4n) is 9.77. The molecule has 0 saturated heterocycles. The highest BCUT2D eigenvalue weighted by molar-refractivity contribution is 8.03. The number of aromatic nitrogens is 1. The molecule has 1 unspecified atom stereocenters. The maximum Gasteiger partial charge on any atom is 0.0544 e. The molecule has 63 heavy (non-hydrogen) atoms. The number of thioether (sulfide) groups is 1. The SMILES string of the molecule is C1=C2Sc3ccccc3C2CC(n2c3ccccc3c3c(-c4cccc(-c5cccc(N(c6ccc(-c7ccccc7)cc6)c6ccc(-c7ccccc7)cc6)c5)c4)cccc32)=C1. The molecule has 3 heteroatoms. The fourth-order valence-corrected chi connectivity index (χ4v) is 11.0. The van der Waals surface area contributed by atoms with Crippen LogP contribution in [0.4, 0.5) is 17.1 Å². The topological polar surface area (TPSA) is 8.17 Å². The summed E-state index contributed by atoms with van der Waals surface area (Å²) >= 11 is 1.93. The van der Waals surface area contributed by atoms with E-state index in [0.29, 0.717) is 5.92 Å². The Morgan fingerprint density at radius 1 is 0.413 bits per heavy atom. The third-order valence-corrected chi connectivity index (χ3v) is 14.0. The molecule has 2 aliphatic rings. The molecule has 0 saturated carbocycles. The Kier molecular flexibility index (Phi) is 9.27. The number of benzene rings is 9. The summed E-state index contributed by atoms with van der Waals surface area (Å²) in [6, 6.07) is 81.8. The first-order valence-electron chi connectivity index (χ1n) is 21.8. The number of nitrogens with zero attached hydrogens (tertiary/aromatic N) is 2. The molecule has 0 bridgehead atoms. The first kappa shape index (κ1) is 37.2. The molecule has 1 aromatic heterocycles. The molecule has 12 rings (SSSR count). The van der Waals surface area contributed by atoms with E-state index in [0.717, 1.165) is 23.5 Å². The predicted octanol–water partition coefficient (Wildman–Crippen LogP) is 17.0. The molecule has 9 aromatic carbocycles. The van der Waals surface area contributed by atoms with Crippen LogP contribution in [0, 0.1) is 0 Å². The predicted molar refractivity (Wildman–Crippen MR) is 268 cm³/mol. The van der Waals surface area contributed by atoms with Gasteiger partial charge < -0.3 is 9.47 Å². The van der Waals surface area contributed by atoms with Crippen molar-refractivity contribution in [1.82, 2.24) is 4.57 Å². The third-order valence-electron chi connectivity index (χ3n) is 12.8. The van der Waals surface area contributed by atoms with Crippen molar-refractivity contribution < 1.29 is 0 Å². The number of anilines is 3. The maximum atomic E-state index is 2.52. The standard InChI is InChI=1S/C60H42N2S/c1-3-14-41(15-4-1)43-28-32-48(33-29-43)61(49-34-30-44(31-35-49)42-16-5-2-6-17-42)50-21-12-19-46(39-50)45-18-11-20-47(38-45)52-24-13-26-57-60(52)54-23-7-9-25-56(54)62(57)51-36-37-59-55(40-51)53-22-8-10-27-58(53)63-59/h1-39,55H,40H2. The molecule has 0 N–H and O–H groups in total. The second kappa shape index (κ2) is 15.7. The van der Waals surface area contributed by atoms with Crippen molar-refractivity contribution in [3.8, 4) is 44.5 Å². The molecule has 0 radical (unpaired) electrons. The minimum Gasteiger partial charge on any atom is -0.313 e. The van der Waals surface area contributed by atoms with Crippen LogP contribution >= 0.6 is 11.8 Å². The van der Waals surface area contributed by atoms with E-state index < -0.39 is 0 Å². The van der Waals surface area contributed by atoms with Crippen molar-refractivity contribution >= 4 is 56.3 Å². The van der Waals surface area contributed by atoms with Gasteiger partial charge in [0.15, 0.2) is 0 Å². The van der Waals surface area contributed by atoms with Crippen molar-refractivity contribution in [3.05, 3.63) is 247 Å². The van der Waals surface area contributed by atoms with Gasteiger partial charge in [-0.1, -0.05) is 176 Å². The van der Waals surface area contributed by atoms with E-state index in [1.54, 1.807) is 0 Å². The number of para-hydroxylation sites is 1. The van der Waals surface area contributed by atoms with Crippen LogP contribution in [-0.2, 0) is 0 Å². The molecule has 0 fully saturated rings. The lowest BCUT2D eigenvalue weighted by Gasteiger charge is -2.26. The van der Waals surface area contributed by atoms with Gasteiger partial charge in [-0.05, 0) is 134 Å². The number of rotatable bonds is 8. The fraction of sp³-hybridized carbons (Fsp3) is 0.0333. The van der Waals surface area contributed by atoms with E-state index in [9.17, 15) is 0 Å². The maximum absolute atomic E-state index is 2.52. The number of hydrogen-bond acceptors (Lipinski definition) is 2. The van der Waals surface area contributed by atoms with Crippen molar-refractivity contribution in [2.24, 2.45) is 0 Å². The number of fused-ring (bicyclic) bond motifs is 6. The summed E-state index contributed by atoms with van der Waals surface area (Å²) in [6.07, 6.45) is 5.69. The largest absolute Gasteiger partial charge is 0.313 e. The van der Waals surface area contributed by atoms with E-state index in [4.69, 9.17) is 0 Å². The van der Waals surface area contributed by atoms with Crippen LogP contribution in [0.1, 0.15) is 17.9 Å². The Morgan fingerprint density at radius 3 is 1.70 bits per heavy atom. The van der Waals surface area contributed by atoms with Crippen molar-refractivity contribution in [3.63, 3.8) is 0 Å². The quantitative estimate of drug-likeness (QED) is 0.151.